The van der Waals surface area contributed by atoms with Crippen LogP contribution in [-0.2, 0) is 0 Å². The summed E-state index contributed by atoms with van der Waals surface area (Å²) in [6, 6.07) is 4.25. The zero-order chi connectivity index (χ0) is 11.2. The summed E-state index contributed by atoms with van der Waals surface area (Å²) in [6.07, 6.45) is 9.25. The van der Waals surface area contributed by atoms with E-state index in [1.54, 1.807) is 6.07 Å². The van der Waals surface area contributed by atoms with Crippen LogP contribution in [0.4, 0.5) is 11.6 Å². The quantitative estimate of drug-likeness (QED) is 0.804. The minimum atomic E-state index is 0.475. The number of nitrogens with two attached hydrogens (primary N) is 1. The number of hydrogen-bond donors (Lipinski definition) is 2. The number of nitrogens with zero attached hydrogens (tertiary/aromatic N) is 2. The lowest BCUT2D eigenvalue weighted by Crippen LogP contribution is -2.21. The van der Waals surface area contributed by atoms with Gasteiger partial charge in [0.05, 0.1) is 0 Å². The van der Waals surface area contributed by atoms with Crippen LogP contribution in [0.15, 0.2) is 12.1 Å². The maximum Gasteiger partial charge on any atom is 0.149 e. The molecule has 3 N–H and O–H groups in total. The lowest BCUT2D eigenvalue weighted by molar-refractivity contribution is 0.470. The van der Waals surface area contributed by atoms with E-state index in [0.717, 1.165) is 5.82 Å². The highest BCUT2D eigenvalue weighted by Crippen LogP contribution is 2.19. The summed E-state index contributed by atoms with van der Waals surface area (Å²) >= 11 is 0. The molecule has 0 saturated heterocycles. The second-order valence-corrected chi connectivity index (χ2v) is 4.53. The molecule has 4 heteroatoms. The van der Waals surface area contributed by atoms with Crippen LogP contribution in [0.3, 0.4) is 0 Å². The van der Waals surface area contributed by atoms with E-state index in [1.165, 1.54) is 44.9 Å². The number of aromatic nitrogens is 2. The van der Waals surface area contributed by atoms with Gasteiger partial charge in [-0.15, -0.1) is 10.2 Å². The molecule has 1 aromatic rings. The second-order valence-electron chi connectivity index (χ2n) is 4.53. The van der Waals surface area contributed by atoms with Crippen molar-refractivity contribution in [2.75, 3.05) is 11.1 Å². The average molecular weight is 220 g/mol. The molecule has 0 aromatic carbocycles. The Hall–Kier alpha value is -1.32. The Balaban J connectivity index is 1.89. The van der Waals surface area contributed by atoms with Gasteiger partial charge >= 0.3 is 0 Å². The summed E-state index contributed by atoms with van der Waals surface area (Å²) in [5.41, 5.74) is 5.50. The van der Waals surface area contributed by atoms with E-state index in [4.69, 9.17) is 5.73 Å². The minimum absolute atomic E-state index is 0.475. The van der Waals surface area contributed by atoms with Gasteiger partial charge in [0.15, 0.2) is 0 Å². The fourth-order valence-electron chi connectivity index (χ4n) is 2.23. The predicted molar refractivity (Wildman–Crippen MR) is 66.2 cm³/mol. The fourth-order valence-corrected chi connectivity index (χ4v) is 2.23. The Bertz CT molecular complexity index is 301. The van der Waals surface area contributed by atoms with Crippen LogP contribution in [0.5, 0.6) is 0 Å². The van der Waals surface area contributed by atoms with E-state index in [2.05, 4.69) is 15.5 Å². The molecule has 0 aliphatic heterocycles. The number of anilines is 2. The third kappa shape index (κ3) is 3.36. The number of nitrogens with one attached hydrogen (secondary N) is 1. The van der Waals surface area contributed by atoms with E-state index >= 15 is 0 Å². The normalized spacial score (nSPS) is 18.8. The molecule has 4 nitrogen and oxygen atoms in total. The highest BCUT2D eigenvalue weighted by Gasteiger charge is 2.11. The van der Waals surface area contributed by atoms with Crippen LogP contribution in [0.25, 0.3) is 0 Å². The fraction of sp³-hybridized carbons (Fsp3) is 0.667. The van der Waals surface area contributed by atoms with Crippen molar-refractivity contribution in [2.24, 2.45) is 0 Å². The number of hydrogen-bond acceptors (Lipinski definition) is 4. The SMILES string of the molecule is Nc1ccc(NC2CCCCCCC2)nn1. The predicted octanol–water partition coefficient (Wildman–Crippen LogP) is 2.58. The maximum absolute atomic E-state index is 5.50. The van der Waals surface area contributed by atoms with Crippen molar-refractivity contribution < 1.29 is 0 Å². The Labute approximate surface area is 96.6 Å². The molecule has 88 valence electrons. The van der Waals surface area contributed by atoms with Crippen LogP contribution in [0.1, 0.15) is 44.9 Å². The molecule has 0 atom stereocenters. The molecular weight excluding hydrogens is 200 g/mol. The molecule has 1 aliphatic carbocycles. The van der Waals surface area contributed by atoms with Gasteiger partial charge in [-0.3, -0.25) is 0 Å². The van der Waals surface area contributed by atoms with Crippen LogP contribution in [-0.4, -0.2) is 16.2 Å². The maximum atomic E-state index is 5.50. The van der Waals surface area contributed by atoms with Gasteiger partial charge in [0.2, 0.25) is 0 Å². The van der Waals surface area contributed by atoms with E-state index < -0.39 is 0 Å². The summed E-state index contributed by atoms with van der Waals surface area (Å²) in [4.78, 5) is 0. The molecule has 1 heterocycles. The van der Waals surface area contributed by atoms with E-state index in [-0.39, 0.29) is 0 Å². The van der Waals surface area contributed by atoms with Gasteiger partial charge in [-0.2, -0.15) is 0 Å². The number of rotatable bonds is 2. The molecule has 1 aliphatic rings. The Morgan fingerprint density at radius 3 is 2.31 bits per heavy atom. The largest absolute Gasteiger partial charge is 0.382 e. The van der Waals surface area contributed by atoms with Gasteiger partial charge in [-0.25, -0.2) is 0 Å². The lowest BCUT2D eigenvalue weighted by Gasteiger charge is -2.21. The molecule has 0 radical (unpaired) electrons. The van der Waals surface area contributed by atoms with Gasteiger partial charge in [0.1, 0.15) is 11.6 Å². The summed E-state index contributed by atoms with van der Waals surface area (Å²) in [7, 11) is 0. The van der Waals surface area contributed by atoms with E-state index in [1.807, 2.05) is 6.07 Å². The Morgan fingerprint density at radius 2 is 1.69 bits per heavy atom. The zero-order valence-corrected chi connectivity index (χ0v) is 9.65. The van der Waals surface area contributed by atoms with Gasteiger partial charge in [-0.1, -0.05) is 32.1 Å². The van der Waals surface area contributed by atoms with E-state index in [0.29, 0.717) is 11.9 Å². The zero-order valence-electron chi connectivity index (χ0n) is 9.65. The van der Waals surface area contributed by atoms with Crippen LogP contribution in [0.2, 0.25) is 0 Å². The van der Waals surface area contributed by atoms with Crippen molar-refractivity contribution in [2.45, 2.75) is 51.0 Å². The first kappa shape index (κ1) is 11.2. The molecule has 16 heavy (non-hydrogen) atoms. The van der Waals surface area contributed by atoms with Crippen LogP contribution in [0, 0.1) is 0 Å². The summed E-state index contributed by atoms with van der Waals surface area (Å²) in [5, 5.41) is 11.3. The van der Waals surface area contributed by atoms with Crippen molar-refractivity contribution >= 4 is 11.6 Å². The van der Waals surface area contributed by atoms with Crippen molar-refractivity contribution in [3.05, 3.63) is 12.1 Å². The van der Waals surface area contributed by atoms with Gasteiger partial charge in [-0.05, 0) is 25.0 Å². The molecule has 0 spiro atoms. The molecule has 1 aromatic heterocycles. The summed E-state index contributed by atoms with van der Waals surface area (Å²) in [5.74, 6) is 1.32. The first-order chi connectivity index (χ1) is 7.84. The molecule has 0 bridgehead atoms. The average Bonchev–Trinajstić information content (AvgIpc) is 2.25. The smallest absolute Gasteiger partial charge is 0.149 e. The van der Waals surface area contributed by atoms with Crippen LogP contribution >= 0.6 is 0 Å². The number of nitrogen functional groups attached to an aromatic ring is 1. The lowest BCUT2D eigenvalue weighted by atomic mass is 9.97. The Morgan fingerprint density at radius 1 is 1.00 bits per heavy atom. The highest BCUT2D eigenvalue weighted by atomic mass is 15.2. The van der Waals surface area contributed by atoms with Crippen molar-refractivity contribution in [3.63, 3.8) is 0 Å². The molecule has 2 rings (SSSR count). The topological polar surface area (TPSA) is 63.8 Å². The third-order valence-corrected chi connectivity index (χ3v) is 3.14. The van der Waals surface area contributed by atoms with Crippen molar-refractivity contribution in [1.29, 1.82) is 0 Å². The van der Waals surface area contributed by atoms with Gasteiger partial charge in [0.25, 0.3) is 0 Å². The molecule has 1 saturated carbocycles. The summed E-state index contributed by atoms with van der Waals surface area (Å²) < 4.78 is 0. The van der Waals surface area contributed by atoms with Crippen molar-refractivity contribution in [1.82, 2.24) is 10.2 Å². The van der Waals surface area contributed by atoms with Gasteiger partial charge in [0, 0.05) is 6.04 Å². The summed E-state index contributed by atoms with van der Waals surface area (Å²) in [6.45, 7) is 0. The van der Waals surface area contributed by atoms with Crippen molar-refractivity contribution in [3.8, 4) is 0 Å². The minimum Gasteiger partial charge on any atom is -0.382 e. The van der Waals surface area contributed by atoms with Crippen LogP contribution < -0.4 is 11.1 Å². The Kier molecular flexibility index (Phi) is 3.97. The monoisotopic (exact) mass is 220 g/mol. The first-order valence-electron chi connectivity index (χ1n) is 6.20. The highest BCUT2D eigenvalue weighted by molar-refractivity contribution is 5.39. The molecule has 1 fully saturated rings. The molecular formula is C12H20N4. The molecule has 0 amide bonds. The molecule has 0 unspecified atom stereocenters. The van der Waals surface area contributed by atoms with Gasteiger partial charge < -0.3 is 11.1 Å². The standard InChI is InChI=1S/C12H20N4/c13-11-8-9-12(16-15-11)14-10-6-4-2-1-3-5-7-10/h8-10H,1-7H2,(H2,13,15)(H,14,16). The first-order valence-corrected chi connectivity index (χ1v) is 6.20. The second kappa shape index (κ2) is 5.68. The van der Waals surface area contributed by atoms with E-state index in [9.17, 15) is 0 Å². The third-order valence-electron chi connectivity index (χ3n) is 3.14.